The van der Waals surface area contributed by atoms with Crippen molar-refractivity contribution in [1.29, 1.82) is 0 Å². The Bertz CT molecular complexity index is 586. The summed E-state index contributed by atoms with van der Waals surface area (Å²) < 4.78 is 0. The second-order valence-electron chi connectivity index (χ2n) is 4.27. The molecule has 0 fully saturated rings. The van der Waals surface area contributed by atoms with Crippen LogP contribution in [0.2, 0.25) is 0 Å². The van der Waals surface area contributed by atoms with Crippen molar-refractivity contribution < 1.29 is 9.59 Å². The summed E-state index contributed by atoms with van der Waals surface area (Å²) in [5.41, 5.74) is 0.928. The molecule has 0 spiro atoms. The third-order valence-corrected chi connectivity index (χ3v) is 2.90. The predicted molar refractivity (Wildman–Crippen MR) is 71.0 cm³/mol. The van der Waals surface area contributed by atoms with Crippen LogP contribution in [0.5, 0.6) is 0 Å². The molecule has 0 saturated carbocycles. The minimum atomic E-state index is -1.16. The van der Waals surface area contributed by atoms with Crippen molar-refractivity contribution in [2.75, 3.05) is 0 Å². The minimum absolute atomic E-state index is 0.371. The molecule has 0 aromatic heterocycles. The molecule has 0 bridgehead atoms. The van der Waals surface area contributed by atoms with E-state index in [0.717, 1.165) is 11.1 Å². The van der Waals surface area contributed by atoms with Crippen molar-refractivity contribution in [3.05, 3.63) is 59.7 Å². The first-order valence-corrected chi connectivity index (χ1v) is 5.88. The van der Waals surface area contributed by atoms with E-state index in [2.05, 4.69) is 9.98 Å². The lowest BCUT2D eigenvalue weighted by molar-refractivity contribution is 0.511. The standard InChI is InChI=1S/C15H12N2O2/c18-11-16-15(17-12-19)8-4-7-14(10-15)9-13-5-2-1-3-6-13/h1-7,10H,8-9H2. The summed E-state index contributed by atoms with van der Waals surface area (Å²) in [4.78, 5) is 28.2. The maximum Gasteiger partial charge on any atom is 0.237 e. The fourth-order valence-electron chi connectivity index (χ4n) is 2.07. The van der Waals surface area contributed by atoms with Gasteiger partial charge in [-0.2, -0.15) is 9.98 Å². The lowest BCUT2D eigenvalue weighted by Crippen LogP contribution is -2.22. The topological polar surface area (TPSA) is 58.9 Å². The maximum absolute atomic E-state index is 10.5. The number of rotatable bonds is 4. The Hall–Kier alpha value is -2.54. The molecule has 0 aliphatic heterocycles. The first-order valence-electron chi connectivity index (χ1n) is 5.88. The van der Waals surface area contributed by atoms with Crippen molar-refractivity contribution in [2.24, 2.45) is 9.98 Å². The molecule has 4 heteroatoms. The molecule has 1 aliphatic carbocycles. The van der Waals surface area contributed by atoms with Crippen LogP contribution in [-0.4, -0.2) is 17.8 Å². The molecular weight excluding hydrogens is 240 g/mol. The third-order valence-electron chi connectivity index (χ3n) is 2.90. The SMILES string of the molecule is O=C=NC1(N=C=O)C=C(Cc2ccccc2)C=CC1. The van der Waals surface area contributed by atoms with Gasteiger partial charge in [-0.1, -0.05) is 42.5 Å². The van der Waals surface area contributed by atoms with Gasteiger partial charge in [-0.15, -0.1) is 0 Å². The van der Waals surface area contributed by atoms with Crippen molar-refractivity contribution in [2.45, 2.75) is 18.5 Å². The summed E-state index contributed by atoms with van der Waals surface area (Å²) in [5.74, 6) is 0. The summed E-state index contributed by atoms with van der Waals surface area (Å²) >= 11 is 0. The predicted octanol–water partition coefficient (Wildman–Crippen LogP) is 2.48. The van der Waals surface area contributed by atoms with E-state index in [9.17, 15) is 9.59 Å². The van der Waals surface area contributed by atoms with Gasteiger partial charge in [0.15, 0.2) is 5.66 Å². The smallest absolute Gasteiger partial charge is 0.211 e. The average molecular weight is 252 g/mol. The van der Waals surface area contributed by atoms with Gasteiger partial charge in [0.25, 0.3) is 0 Å². The van der Waals surface area contributed by atoms with Crippen molar-refractivity contribution in [1.82, 2.24) is 0 Å². The third kappa shape index (κ3) is 3.23. The Morgan fingerprint density at radius 1 is 1.11 bits per heavy atom. The van der Waals surface area contributed by atoms with Crippen LogP contribution < -0.4 is 0 Å². The van der Waals surface area contributed by atoms with Crippen LogP contribution in [0.3, 0.4) is 0 Å². The number of aliphatic imine (C=N–C) groups is 2. The Labute approximate surface area is 110 Å². The second kappa shape index (κ2) is 5.87. The van der Waals surface area contributed by atoms with Crippen molar-refractivity contribution in [3.63, 3.8) is 0 Å². The summed E-state index contributed by atoms with van der Waals surface area (Å²) in [6, 6.07) is 9.89. The Morgan fingerprint density at radius 3 is 2.42 bits per heavy atom. The maximum atomic E-state index is 10.5. The summed E-state index contributed by atoms with van der Waals surface area (Å²) in [5, 5.41) is 0. The average Bonchev–Trinajstić information content (AvgIpc) is 2.41. The molecular formula is C15H12N2O2. The van der Waals surface area contributed by atoms with Crippen molar-refractivity contribution >= 4 is 12.2 Å². The van der Waals surface area contributed by atoms with Gasteiger partial charge in [-0.05, 0) is 23.6 Å². The number of benzene rings is 1. The Balaban J connectivity index is 2.30. The van der Waals surface area contributed by atoms with Gasteiger partial charge < -0.3 is 0 Å². The van der Waals surface area contributed by atoms with Crippen LogP contribution >= 0.6 is 0 Å². The molecule has 1 aromatic carbocycles. The molecule has 19 heavy (non-hydrogen) atoms. The van der Waals surface area contributed by atoms with Crippen LogP contribution in [0, 0.1) is 0 Å². The minimum Gasteiger partial charge on any atom is -0.211 e. The van der Waals surface area contributed by atoms with Crippen LogP contribution in [0.15, 0.2) is 64.1 Å². The van der Waals surface area contributed by atoms with Gasteiger partial charge in [0.05, 0.1) is 0 Å². The van der Waals surface area contributed by atoms with Gasteiger partial charge in [0.2, 0.25) is 12.2 Å². The highest BCUT2D eigenvalue weighted by molar-refractivity contribution is 5.45. The molecule has 0 saturated heterocycles. The molecule has 0 heterocycles. The van der Waals surface area contributed by atoms with E-state index in [1.165, 1.54) is 12.2 Å². The van der Waals surface area contributed by atoms with E-state index in [-0.39, 0.29) is 0 Å². The summed E-state index contributed by atoms with van der Waals surface area (Å²) in [6.07, 6.45) is 9.53. The highest BCUT2D eigenvalue weighted by Crippen LogP contribution is 2.27. The van der Waals surface area contributed by atoms with Crippen molar-refractivity contribution in [3.8, 4) is 0 Å². The monoisotopic (exact) mass is 252 g/mol. The van der Waals surface area contributed by atoms with Crippen LogP contribution in [-0.2, 0) is 16.0 Å². The summed E-state index contributed by atoms with van der Waals surface area (Å²) in [6.45, 7) is 0. The second-order valence-corrected chi connectivity index (χ2v) is 4.27. The largest absolute Gasteiger partial charge is 0.237 e. The van der Waals surface area contributed by atoms with Crippen LogP contribution in [0.1, 0.15) is 12.0 Å². The molecule has 1 aromatic rings. The van der Waals surface area contributed by atoms with E-state index in [1.54, 1.807) is 6.08 Å². The fraction of sp³-hybridized carbons (Fsp3) is 0.200. The number of carbonyl (C=O) groups excluding carboxylic acids is 2. The number of nitrogens with zero attached hydrogens (tertiary/aromatic N) is 2. The molecule has 94 valence electrons. The molecule has 0 N–H and O–H groups in total. The zero-order valence-corrected chi connectivity index (χ0v) is 10.2. The summed E-state index contributed by atoms with van der Waals surface area (Å²) in [7, 11) is 0. The van der Waals surface area contributed by atoms with Crippen LogP contribution in [0.25, 0.3) is 0 Å². The van der Waals surface area contributed by atoms with Gasteiger partial charge in [0.1, 0.15) is 0 Å². The molecule has 0 unspecified atom stereocenters. The van der Waals surface area contributed by atoms with E-state index in [1.807, 2.05) is 42.5 Å². The highest BCUT2D eigenvalue weighted by Gasteiger charge is 2.27. The van der Waals surface area contributed by atoms with Gasteiger partial charge in [-0.25, -0.2) is 9.59 Å². The molecule has 4 nitrogen and oxygen atoms in total. The quantitative estimate of drug-likeness (QED) is 0.610. The Kier molecular flexibility index (Phi) is 3.99. The van der Waals surface area contributed by atoms with E-state index in [0.29, 0.717) is 12.8 Å². The van der Waals surface area contributed by atoms with Gasteiger partial charge in [-0.3, -0.25) is 0 Å². The lowest BCUT2D eigenvalue weighted by Gasteiger charge is -2.21. The molecule has 0 atom stereocenters. The number of allylic oxidation sites excluding steroid dienone is 2. The molecule has 2 rings (SSSR count). The molecule has 1 aliphatic rings. The molecule has 0 amide bonds. The normalized spacial score (nSPS) is 20.9. The lowest BCUT2D eigenvalue weighted by atomic mass is 9.93. The Morgan fingerprint density at radius 2 is 1.79 bits per heavy atom. The van der Waals surface area contributed by atoms with E-state index < -0.39 is 5.66 Å². The number of hydrogen-bond donors (Lipinski definition) is 0. The van der Waals surface area contributed by atoms with Crippen LogP contribution in [0.4, 0.5) is 0 Å². The van der Waals surface area contributed by atoms with Gasteiger partial charge in [0, 0.05) is 6.42 Å². The highest BCUT2D eigenvalue weighted by atomic mass is 16.1. The fourth-order valence-corrected chi connectivity index (χ4v) is 2.07. The van der Waals surface area contributed by atoms with Gasteiger partial charge >= 0.3 is 0 Å². The first kappa shape index (κ1) is 12.9. The zero-order valence-electron chi connectivity index (χ0n) is 10.2. The first-order chi connectivity index (χ1) is 9.28. The number of isocyanates is 2. The van der Waals surface area contributed by atoms with E-state index in [4.69, 9.17) is 0 Å². The number of hydrogen-bond acceptors (Lipinski definition) is 4. The van der Waals surface area contributed by atoms with E-state index >= 15 is 0 Å². The molecule has 0 radical (unpaired) electrons. The zero-order chi connectivity index (χ0) is 13.6.